The van der Waals surface area contributed by atoms with Gasteiger partial charge in [-0.05, 0) is 49.7 Å². The molecule has 1 aliphatic rings. The fourth-order valence-electron chi connectivity index (χ4n) is 3.69. The normalized spacial score (nSPS) is 19.2. The molecule has 1 aromatic carbocycles. The Balaban J connectivity index is 1.66. The maximum atomic E-state index is 12.5. The van der Waals surface area contributed by atoms with Gasteiger partial charge in [0, 0.05) is 12.7 Å². The highest BCUT2D eigenvalue weighted by molar-refractivity contribution is 5.95. The summed E-state index contributed by atoms with van der Waals surface area (Å²) in [5.74, 6) is 0.224. The van der Waals surface area contributed by atoms with Crippen molar-refractivity contribution in [2.24, 2.45) is 5.92 Å². The molecule has 2 aromatic rings. The molecule has 0 unspecified atom stereocenters. The second kappa shape index (κ2) is 9.46. The van der Waals surface area contributed by atoms with Crippen molar-refractivity contribution in [1.29, 1.82) is 0 Å². The van der Waals surface area contributed by atoms with Gasteiger partial charge < -0.3 is 15.0 Å². The molecule has 1 aliphatic carbocycles. The Bertz CT molecular complexity index is 868. The number of pyridine rings is 1. The van der Waals surface area contributed by atoms with Gasteiger partial charge in [-0.3, -0.25) is 14.4 Å². The van der Waals surface area contributed by atoms with E-state index in [1.54, 1.807) is 0 Å². The minimum absolute atomic E-state index is 0.0233. The Morgan fingerprint density at radius 1 is 1.18 bits per heavy atom. The summed E-state index contributed by atoms with van der Waals surface area (Å²) < 4.78 is 1.40. The van der Waals surface area contributed by atoms with Crippen LogP contribution in [0.2, 0.25) is 0 Å². The lowest BCUT2D eigenvalue weighted by Crippen LogP contribution is -2.30. The SMILES string of the molecule is O=Cc1cc(C(=O)NCCC2CCC(O)CC2)cn(Cc2ccccc2)c1=O. The standard InChI is InChI=1S/C22H26N2O4/c25-15-19-12-18(14-24(22(19)28)13-17-4-2-1-3-5-17)21(27)23-11-10-16-6-8-20(26)9-7-16/h1-5,12,14-16,20,26H,6-11,13H2,(H,23,27). The monoisotopic (exact) mass is 382 g/mol. The minimum atomic E-state index is -0.406. The van der Waals surface area contributed by atoms with Gasteiger partial charge in [0.1, 0.15) is 0 Å². The molecule has 0 radical (unpaired) electrons. The number of hydrogen-bond acceptors (Lipinski definition) is 4. The Hall–Kier alpha value is -2.73. The van der Waals surface area contributed by atoms with Crippen LogP contribution in [0.4, 0.5) is 0 Å². The van der Waals surface area contributed by atoms with E-state index in [-0.39, 0.29) is 17.6 Å². The van der Waals surface area contributed by atoms with Gasteiger partial charge in [0.2, 0.25) is 0 Å². The summed E-state index contributed by atoms with van der Waals surface area (Å²) in [5, 5.41) is 12.5. The zero-order chi connectivity index (χ0) is 19.9. The maximum absolute atomic E-state index is 12.5. The van der Waals surface area contributed by atoms with Gasteiger partial charge >= 0.3 is 0 Å². The van der Waals surface area contributed by atoms with Crippen LogP contribution in [0, 0.1) is 5.92 Å². The molecule has 0 saturated heterocycles. The Kier molecular flexibility index (Phi) is 6.76. The van der Waals surface area contributed by atoms with Crippen molar-refractivity contribution in [1.82, 2.24) is 9.88 Å². The van der Waals surface area contributed by atoms with Crippen LogP contribution in [-0.2, 0) is 6.54 Å². The number of aromatic nitrogens is 1. The molecule has 2 N–H and O–H groups in total. The van der Waals surface area contributed by atoms with Crippen molar-refractivity contribution in [2.75, 3.05) is 6.54 Å². The van der Waals surface area contributed by atoms with Crippen molar-refractivity contribution in [3.63, 3.8) is 0 Å². The first-order valence-electron chi connectivity index (χ1n) is 9.76. The summed E-state index contributed by atoms with van der Waals surface area (Å²) in [4.78, 5) is 36.2. The molecule has 6 nitrogen and oxygen atoms in total. The maximum Gasteiger partial charge on any atom is 0.261 e. The number of nitrogens with zero attached hydrogens (tertiary/aromatic N) is 1. The molecular weight excluding hydrogens is 356 g/mol. The van der Waals surface area contributed by atoms with E-state index in [1.807, 2.05) is 30.3 Å². The summed E-state index contributed by atoms with van der Waals surface area (Å²) in [6, 6.07) is 10.8. The van der Waals surface area contributed by atoms with E-state index >= 15 is 0 Å². The first-order valence-corrected chi connectivity index (χ1v) is 9.76. The zero-order valence-corrected chi connectivity index (χ0v) is 15.8. The Morgan fingerprint density at radius 3 is 2.57 bits per heavy atom. The fourth-order valence-corrected chi connectivity index (χ4v) is 3.69. The smallest absolute Gasteiger partial charge is 0.261 e. The lowest BCUT2D eigenvalue weighted by Gasteiger charge is -2.25. The summed E-state index contributed by atoms with van der Waals surface area (Å²) in [5.41, 5.74) is 0.788. The molecule has 0 bridgehead atoms. The summed E-state index contributed by atoms with van der Waals surface area (Å²) >= 11 is 0. The molecule has 6 heteroatoms. The van der Waals surface area contributed by atoms with E-state index < -0.39 is 5.56 Å². The first-order chi connectivity index (χ1) is 13.6. The van der Waals surface area contributed by atoms with Crippen LogP contribution < -0.4 is 10.9 Å². The minimum Gasteiger partial charge on any atom is -0.393 e. The zero-order valence-electron chi connectivity index (χ0n) is 15.8. The van der Waals surface area contributed by atoms with E-state index in [1.165, 1.54) is 16.8 Å². The summed E-state index contributed by atoms with van der Waals surface area (Å²) in [6.45, 7) is 0.833. The Morgan fingerprint density at radius 2 is 1.89 bits per heavy atom. The third-order valence-electron chi connectivity index (χ3n) is 5.35. The van der Waals surface area contributed by atoms with Gasteiger partial charge in [-0.2, -0.15) is 0 Å². The van der Waals surface area contributed by atoms with Gasteiger partial charge in [0.25, 0.3) is 11.5 Å². The second-order valence-electron chi connectivity index (χ2n) is 7.44. The van der Waals surface area contributed by atoms with Crippen molar-refractivity contribution < 1.29 is 14.7 Å². The third kappa shape index (κ3) is 5.16. The molecule has 1 amide bonds. The van der Waals surface area contributed by atoms with Crippen LogP contribution in [0.3, 0.4) is 0 Å². The van der Waals surface area contributed by atoms with Crippen LogP contribution in [0.25, 0.3) is 0 Å². The molecule has 0 aliphatic heterocycles. The predicted octanol–water partition coefficient (Wildman–Crippen LogP) is 2.38. The third-order valence-corrected chi connectivity index (χ3v) is 5.35. The highest BCUT2D eigenvalue weighted by Gasteiger charge is 2.19. The van der Waals surface area contributed by atoms with Crippen molar-refractivity contribution in [3.8, 4) is 0 Å². The van der Waals surface area contributed by atoms with Crippen LogP contribution in [0.1, 0.15) is 58.4 Å². The topological polar surface area (TPSA) is 88.4 Å². The first kappa shape index (κ1) is 20.0. The number of rotatable bonds is 7. The van der Waals surface area contributed by atoms with Gasteiger partial charge in [0.05, 0.1) is 23.8 Å². The number of nitrogens with one attached hydrogen (secondary N) is 1. The number of hydrogen-bond donors (Lipinski definition) is 2. The van der Waals surface area contributed by atoms with Crippen LogP contribution in [0.15, 0.2) is 47.4 Å². The summed E-state index contributed by atoms with van der Waals surface area (Å²) in [6.07, 6.45) is 6.30. The van der Waals surface area contributed by atoms with E-state index in [0.717, 1.165) is 37.7 Å². The summed E-state index contributed by atoms with van der Waals surface area (Å²) in [7, 11) is 0. The average Bonchev–Trinajstić information content (AvgIpc) is 2.71. The van der Waals surface area contributed by atoms with Crippen molar-refractivity contribution in [3.05, 3.63) is 69.6 Å². The molecule has 1 fully saturated rings. The molecule has 148 valence electrons. The molecule has 1 saturated carbocycles. The quantitative estimate of drug-likeness (QED) is 0.720. The molecule has 1 heterocycles. The molecule has 3 rings (SSSR count). The van der Waals surface area contributed by atoms with Crippen LogP contribution in [-0.4, -0.2) is 34.5 Å². The number of carbonyl (C=O) groups is 2. The lowest BCUT2D eigenvalue weighted by atomic mass is 9.85. The molecule has 1 aromatic heterocycles. The van der Waals surface area contributed by atoms with Gasteiger partial charge in [0.15, 0.2) is 6.29 Å². The van der Waals surface area contributed by atoms with E-state index in [9.17, 15) is 19.5 Å². The fraction of sp³-hybridized carbons (Fsp3) is 0.409. The molecule has 28 heavy (non-hydrogen) atoms. The van der Waals surface area contributed by atoms with Gasteiger partial charge in [-0.15, -0.1) is 0 Å². The van der Waals surface area contributed by atoms with Crippen molar-refractivity contribution >= 4 is 12.2 Å². The van der Waals surface area contributed by atoms with Gasteiger partial charge in [-0.25, -0.2) is 0 Å². The van der Waals surface area contributed by atoms with E-state index in [4.69, 9.17) is 0 Å². The molecule has 0 atom stereocenters. The highest BCUT2D eigenvalue weighted by atomic mass is 16.3. The number of carbonyl (C=O) groups excluding carboxylic acids is 2. The second-order valence-corrected chi connectivity index (χ2v) is 7.44. The number of aldehydes is 1. The Labute approximate surface area is 164 Å². The van der Waals surface area contributed by atoms with E-state index in [0.29, 0.717) is 30.9 Å². The predicted molar refractivity (Wildman–Crippen MR) is 107 cm³/mol. The average molecular weight is 382 g/mol. The largest absolute Gasteiger partial charge is 0.393 e. The molecule has 0 spiro atoms. The van der Waals surface area contributed by atoms with Crippen LogP contribution in [0.5, 0.6) is 0 Å². The van der Waals surface area contributed by atoms with Crippen LogP contribution >= 0.6 is 0 Å². The number of amides is 1. The number of aliphatic hydroxyl groups excluding tert-OH is 1. The lowest BCUT2D eigenvalue weighted by molar-refractivity contribution is 0.0931. The highest BCUT2D eigenvalue weighted by Crippen LogP contribution is 2.26. The van der Waals surface area contributed by atoms with E-state index in [2.05, 4.69) is 5.32 Å². The van der Waals surface area contributed by atoms with Crippen molar-refractivity contribution in [2.45, 2.75) is 44.8 Å². The number of aliphatic hydroxyl groups is 1. The van der Waals surface area contributed by atoms with Gasteiger partial charge in [-0.1, -0.05) is 30.3 Å². The molecular formula is C22H26N2O4. The number of benzene rings is 1.